The molecule has 0 bridgehead atoms. The lowest BCUT2D eigenvalue weighted by Crippen LogP contribution is -2.63. The standard InChI is InChI=1S/C13H19N3O/c1-9(2)11-5-12(15-8-14-11)16-6-13(17,7-16)10-3-4-10/h5,8-10,17H,3-4,6-7H2,1-2H3. The van der Waals surface area contributed by atoms with Crippen molar-refractivity contribution in [1.29, 1.82) is 0 Å². The third-order valence-electron chi connectivity index (χ3n) is 3.86. The van der Waals surface area contributed by atoms with Crippen LogP contribution in [-0.2, 0) is 0 Å². The Morgan fingerprint density at radius 3 is 2.65 bits per heavy atom. The Hall–Kier alpha value is -1.16. The van der Waals surface area contributed by atoms with Gasteiger partial charge in [-0.05, 0) is 24.7 Å². The molecule has 4 heteroatoms. The fourth-order valence-corrected chi connectivity index (χ4v) is 2.51. The van der Waals surface area contributed by atoms with Crippen molar-refractivity contribution in [1.82, 2.24) is 9.97 Å². The van der Waals surface area contributed by atoms with E-state index in [2.05, 4.69) is 28.7 Å². The van der Waals surface area contributed by atoms with Gasteiger partial charge in [0, 0.05) is 11.8 Å². The molecule has 1 aromatic rings. The molecular formula is C13H19N3O. The van der Waals surface area contributed by atoms with E-state index in [9.17, 15) is 5.11 Å². The van der Waals surface area contributed by atoms with E-state index in [0.717, 1.165) is 24.6 Å². The van der Waals surface area contributed by atoms with Gasteiger partial charge in [0.2, 0.25) is 0 Å². The number of hydrogen-bond donors (Lipinski definition) is 1. The summed E-state index contributed by atoms with van der Waals surface area (Å²) in [4.78, 5) is 10.7. The van der Waals surface area contributed by atoms with Gasteiger partial charge in [-0.2, -0.15) is 0 Å². The summed E-state index contributed by atoms with van der Waals surface area (Å²) in [6, 6.07) is 2.04. The Morgan fingerprint density at radius 1 is 1.35 bits per heavy atom. The molecule has 2 fully saturated rings. The minimum atomic E-state index is -0.442. The molecule has 1 N–H and O–H groups in total. The van der Waals surface area contributed by atoms with Crippen LogP contribution in [0.5, 0.6) is 0 Å². The molecule has 0 radical (unpaired) electrons. The van der Waals surface area contributed by atoms with Crippen molar-refractivity contribution in [3.05, 3.63) is 18.1 Å². The summed E-state index contributed by atoms with van der Waals surface area (Å²) in [6.45, 7) is 5.71. The van der Waals surface area contributed by atoms with Crippen LogP contribution < -0.4 is 4.90 Å². The van der Waals surface area contributed by atoms with E-state index in [1.807, 2.05) is 6.07 Å². The van der Waals surface area contributed by atoms with Crippen molar-refractivity contribution in [2.75, 3.05) is 18.0 Å². The average molecular weight is 233 g/mol. The number of aromatic nitrogens is 2. The first-order valence-electron chi connectivity index (χ1n) is 6.38. The summed E-state index contributed by atoms with van der Waals surface area (Å²) in [6.07, 6.45) is 4.00. The number of hydrogen-bond acceptors (Lipinski definition) is 4. The number of anilines is 1. The van der Waals surface area contributed by atoms with Gasteiger partial charge in [-0.1, -0.05) is 13.8 Å². The van der Waals surface area contributed by atoms with Gasteiger partial charge in [-0.3, -0.25) is 0 Å². The third kappa shape index (κ3) is 1.90. The summed E-state index contributed by atoms with van der Waals surface area (Å²) in [5.41, 5.74) is 0.625. The van der Waals surface area contributed by atoms with E-state index in [0.29, 0.717) is 11.8 Å². The molecule has 17 heavy (non-hydrogen) atoms. The summed E-state index contributed by atoms with van der Waals surface area (Å²) in [7, 11) is 0. The van der Waals surface area contributed by atoms with Crippen LogP contribution in [0.15, 0.2) is 12.4 Å². The molecular weight excluding hydrogens is 214 g/mol. The molecule has 0 spiro atoms. The summed E-state index contributed by atoms with van der Waals surface area (Å²) in [5.74, 6) is 1.90. The van der Waals surface area contributed by atoms with E-state index < -0.39 is 5.60 Å². The minimum absolute atomic E-state index is 0.417. The zero-order valence-corrected chi connectivity index (χ0v) is 10.4. The predicted octanol–water partition coefficient (Wildman–Crippen LogP) is 1.56. The molecule has 2 aliphatic rings. The second kappa shape index (κ2) is 3.67. The van der Waals surface area contributed by atoms with Gasteiger partial charge in [0.1, 0.15) is 17.7 Å². The van der Waals surface area contributed by atoms with E-state index in [1.165, 1.54) is 12.8 Å². The SMILES string of the molecule is CC(C)c1cc(N2CC(O)(C3CC3)C2)ncn1. The molecule has 0 aromatic carbocycles. The van der Waals surface area contributed by atoms with Crippen LogP contribution in [0.25, 0.3) is 0 Å². The van der Waals surface area contributed by atoms with Crippen molar-refractivity contribution in [2.45, 2.75) is 38.2 Å². The molecule has 0 amide bonds. The zero-order valence-electron chi connectivity index (χ0n) is 10.4. The maximum atomic E-state index is 10.3. The van der Waals surface area contributed by atoms with Crippen LogP contribution in [0.3, 0.4) is 0 Å². The van der Waals surface area contributed by atoms with Gasteiger partial charge in [-0.25, -0.2) is 9.97 Å². The second-order valence-electron chi connectivity index (χ2n) is 5.69. The first-order chi connectivity index (χ1) is 8.08. The molecule has 4 nitrogen and oxygen atoms in total. The van der Waals surface area contributed by atoms with Crippen LogP contribution in [0, 0.1) is 5.92 Å². The smallest absolute Gasteiger partial charge is 0.132 e. The highest BCUT2D eigenvalue weighted by atomic mass is 16.3. The van der Waals surface area contributed by atoms with Crippen LogP contribution in [0.4, 0.5) is 5.82 Å². The van der Waals surface area contributed by atoms with E-state index in [-0.39, 0.29) is 0 Å². The van der Waals surface area contributed by atoms with Crippen molar-refractivity contribution < 1.29 is 5.11 Å². The highest BCUT2D eigenvalue weighted by Crippen LogP contribution is 2.45. The molecule has 0 atom stereocenters. The van der Waals surface area contributed by atoms with Crippen molar-refractivity contribution >= 4 is 5.82 Å². The lowest BCUT2D eigenvalue weighted by molar-refractivity contribution is -0.00976. The molecule has 0 unspecified atom stereocenters. The molecule has 3 rings (SSSR count). The summed E-state index contributed by atoms with van der Waals surface area (Å²) < 4.78 is 0. The summed E-state index contributed by atoms with van der Waals surface area (Å²) >= 11 is 0. The maximum Gasteiger partial charge on any atom is 0.132 e. The third-order valence-corrected chi connectivity index (χ3v) is 3.86. The van der Waals surface area contributed by atoms with Crippen molar-refractivity contribution in [2.24, 2.45) is 5.92 Å². The summed E-state index contributed by atoms with van der Waals surface area (Å²) in [5, 5.41) is 10.3. The molecule has 1 aromatic heterocycles. The molecule has 1 saturated carbocycles. The van der Waals surface area contributed by atoms with Crippen LogP contribution in [0.2, 0.25) is 0 Å². The van der Waals surface area contributed by atoms with Gasteiger partial charge in [-0.15, -0.1) is 0 Å². The predicted molar refractivity (Wildman–Crippen MR) is 66.0 cm³/mol. The fourth-order valence-electron chi connectivity index (χ4n) is 2.51. The number of aliphatic hydroxyl groups is 1. The van der Waals surface area contributed by atoms with Crippen LogP contribution in [0.1, 0.15) is 38.3 Å². The van der Waals surface area contributed by atoms with Crippen LogP contribution >= 0.6 is 0 Å². The lowest BCUT2D eigenvalue weighted by atomic mass is 9.89. The molecule has 1 saturated heterocycles. The number of nitrogens with zero attached hydrogens (tertiary/aromatic N) is 3. The van der Waals surface area contributed by atoms with Gasteiger partial charge in [0.25, 0.3) is 0 Å². The van der Waals surface area contributed by atoms with Gasteiger partial charge in [0.05, 0.1) is 13.1 Å². The maximum absolute atomic E-state index is 10.3. The first-order valence-corrected chi connectivity index (χ1v) is 6.38. The van der Waals surface area contributed by atoms with Gasteiger partial charge in [0.15, 0.2) is 0 Å². The number of rotatable bonds is 3. The molecule has 1 aliphatic carbocycles. The highest BCUT2D eigenvalue weighted by Gasteiger charge is 2.52. The monoisotopic (exact) mass is 233 g/mol. The normalized spacial score (nSPS) is 22.7. The van der Waals surface area contributed by atoms with Crippen molar-refractivity contribution in [3.8, 4) is 0 Å². The van der Waals surface area contributed by atoms with E-state index in [4.69, 9.17) is 0 Å². The molecule has 92 valence electrons. The second-order valence-corrected chi connectivity index (χ2v) is 5.69. The van der Waals surface area contributed by atoms with E-state index in [1.54, 1.807) is 6.33 Å². The zero-order chi connectivity index (χ0) is 12.0. The highest BCUT2D eigenvalue weighted by molar-refractivity contribution is 5.45. The molecule has 1 aliphatic heterocycles. The number of β-amino-alcohol motifs (C(OH)–C–C–N with tert-alkyl or cyclic N) is 1. The van der Waals surface area contributed by atoms with Gasteiger partial charge < -0.3 is 10.0 Å². The van der Waals surface area contributed by atoms with Gasteiger partial charge >= 0.3 is 0 Å². The lowest BCUT2D eigenvalue weighted by Gasteiger charge is -2.47. The minimum Gasteiger partial charge on any atom is -0.386 e. The first kappa shape index (κ1) is 11.0. The Bertz CT molecular complexity index is 422. The average Bonchev–Trinajstić information content (AvgIpc) is 3.09. The Labute approximate surface area is 102 Å². The fraction of sp³-hybridized carbons (Fsp3) is 0.692. The molecule has 2 heterocycles. The largest absolute Gasteiger partial charge is 0.386 e. The van der Waals surface area contributed by atoms with Crippen molar-refractivity contribution in [3.63, 3.8) is 0 Å². The quantitative estimate of drug-likeness (QED) is 0.860. The Balaban J connectivity index is 1.71. The Morgan fingerprint density at radius 2 is 2.06 bits per heavy atom. The van der Waals surface area contributed by atoms with Crippen LogP contribution in [-0.4, -0.2) is 33.8 Å². The topological polar surface area (TPSA) is 49.2 Å². The Kier molecular flexibility index (Phi) is 2.36. The van der Waals surface area contributed by atoms with E-state index >= 15 is 0 Å².